The predicted octanol–water partition coefficient (Wildman–Crippen LogP) is 3.37. The summed E-state index contributed by atoms with van der Waals surface area (Å²) in [5.41, 5.74) is 1.05. The first-order valence-electron chi connectivity index (χ1n) is 6.35. The van der Waals surface area contributed by atoms with Gasteiger partial charge in [0.1, 0.15) is 0 Å². The van der Waals surface area contributed by atoms with Gasteiger partial charge in [0.05, 0.1) is 17.4 Å². The fourth-order valence-electron chi connectivity index (χ4n) is 1.78. The summed E-state index contributed by atoms with van der Waals surface area (Å²) in [6.07, 6.45) is 4.58. The number of aromatic nitrogens is 2. The number of rotatable bonds is 6. The molecule has 0 unspecified atom stereocenters. The van der Waals surface area contributed by atoms with Crippen LogP contribution in [0.3, 0.4) is 0 Å². The molecule has 1 aromatic heterocycles. The molecule has 0 saturated carbocycles. The highest BCUT2D eigenvalue weighted by Gasteiger charge is 2.10. The maximum absolute atomic E-state index is 6.22. The third-order valence-electron chi connectivity index (χ3n) is 2.69. The minimum absolute atomic E-state index is 0.611. The Hall–Kier alpha value is -1.52. The molecule has 0 fully saturated rings. The summed E-state index contributed by atoms with van der Waals surface area (Å²) in [6.45, 7) is 3.85. The Kier molecular flexibility index (Phi) is 4.82. The minimum atomic E-state index is 0.611. The number of hydrogen-bond donors (Lipinski definition) is 1. The van der Waals surface area contributed by atoms with Gasteiger partial charge in [-0.1, -0.05) is 30.7 Å². The predicted molar refractivity (Wildman–Crippen MR) is 76.7 cm³/mol. The van der Waals surface area contributed by atoms with Crippen LogP contribution in [-0.2, 0) is 13.6 Å². The summed E-state index contributed by atoms with van der Waals surface area (Å²) in [5.74, 6) is 1.38. The van der Waals surface area contributed by atoms with E-state index in [0.29, 0.717) is 16.5 Å². The number of aryl methyl sites for hydroxylation is 1. The van der Waals surface area contributed by atoms with Crippen molar-refractivity contribution >= 4 is 11.6 Å². The monoisotopic (exact) mass is 279 g/mol. The van der Waals surface area contributed by atoms with Crippen LogP contribution in [0, 0.1) is 0 Å². The molecule has 1 heterocycles. The Morgan fingerprint density at radius 2 is 2.26 bits per heavy atom. The molecule has 0 aliphatic heterocycles. The van der Waals surface area contributed by atoms with Crippen LogP contribution in [0.5, 0.6) is 11.5 Å². The standard InChI is InChI=1S/C14H18ClN3O/c1-3-7-16-8-11-5-4-6-13(15)14(11)19-12-9-17-18(2)10-12/h4-6,9-10,16H,3,7-8H2,1-2H3. The van der Waals surface area contributed by atoms with Gasteiger partial charge in [0.2, 0.25) is 0 Å². The van der Waals surface area contributed by atoms with Crippen LogP contribution >= 0.6 is 11.6 Å². The first-order chi connectivity index (χ1) is 9.20. The highest BCUT2D eigenvalue weighted by Crippen LogP contribution is 2.32. The molecule has 19 heavy (non-hydrogen) atoms. The van der Waals surface area contributed by atoms with Gasteiger partial charge >= 0.3 is 0 Å². The van der Waals surface area contributed by atoms with Crippen molar-refractivity contribution < 1.29 is 4.74 Å². The second kappa shape index (κ2) is 6.59. The fraction of sp³-hybridized carbons (Fsp3) is 0.357. The maximum Gasteiger partial charge on any atom is 0.165 e. The van der Waals surface area contributed by atoms with E-state index < -0.39 is 0 Å². The van der Waals surface area contributed by atoms with E-state index in [2.05, 4.69) is 17.3 Å². The average molecular weight is 280 g/mol. The number of hydrogen-bond acceptors (Lipinski definition) is 3. The lowest BCUT2D eigenvalue weighted by Crippen LogP contribution is -2.14. The Morgan fingerprint density at radius 1 is 1.42 bits per heavy atom. The summed E-state index contributed by atoms with van der Waals surface area (Å²) in [4.78, 5) is 0. The molecule has 102 valence electrons. The first kappa shape index (κ1) is 13.9. The summed E-state index contributed by atoms with van der Waals surface area (Å²) >= 11 is 6.22. The highest BCUT2D eigenvalue weighted by molar-refractivity contribution is 6.32. The van der Waals surface area contributed by atoms with Crippen molar-refractivity contribution in [1.29, 1.82) is 0 Å². The van der Waals surface area contributed by atoms with Crippen LogP contribution in [0.25, 0.3) is 0 Å². The zero-order chi connectivity index (χ0) is 13.7. The van der Waals surface area contributed by atoms with Crippen molar-refractivity contribution in [2.75, 3.05) is 6.54 Å². The van der Waals surface area contributed by atoms with Crippen molar-refractivity contribution in [1.82, 2.24) is 15.1 Å². The summed E-state index contributed by atoms with van der Waals surface area (Å²) in [5, 5.41) is 8.04. The van der Waals surface area contributed by atoms with Gasteiger partial charge in [0, 0.05) is 19.2 Å². The molecule has 0 saturated heterocycles. The van der Waals surface area contributed by atoms with Gasteiger partial charge in [-0.25, -0.2) is 0 Å². The molecule has 0 atom stereocenters. The lowest BCUT2D eigenvalue weighted by molar-refractivity contribution is 0.472. The average Bonchev–Trinajstić information content (AvgIpc) is 2.79. The zero-order valence-corrected chi connectivity index (χ0v) is 11.9. The van der Waals surface area contributed by atoms with Crippen molar-refractivity contribution in [2.24, 2.45) is 7.05 Å². The third-order valence-corrected chi connectivity index (χ3v) is 2.99. The molecular formula is C14H18ClN3O. The molecule has 1 N–H and O–H groups in total. The number of benzene rings is 1. The van der Waals surface area contributed by atoms with E-state index in [4.69, 9.17) is 16.3 Å². The maximum atomic E-state index is 6.22. The van der Waals surface area contributed by atoms with E-state index in [9.17, 15) is 0 Å². The van der Waals surface area contributed by atoms with Crippen molar-refractivity contribution in [3.8, 4) is 11.5 Å². The van der Waals surface area contributed by atoms with E-state index in [1.54, 1.807) is 10.9 Å². The van der Waals surface area contributed by atoms with Crippen LogP contribution in [-0.4, -0.2) is 16.3 Å². The second-order valence-electron chi connectivity index (χ2n) is 4.36. The fourth-order valence-corrected chi connectivity index (χ4v) is 2.01. The number of nitrogens with one attached hydrogen (secondary N) is 1. The molecule has 0 spiro atoms. The minimum Gasteiger partial charge on any atom is -0.452 e. The van der Waals surface area contributed by atoms with Crippen LogP contribution < -0.4 is 10.1 Å². The molecule has 0 radical (unpaired) electrons. The quantitative estimate of drug-likeness (QED) is 0.824. The third kappa shape index (κ3) is 3.72. The topological polar surface area (TPSA) is 39.1 Å². The first-order valence-corrected chi connectivity index (χ1v) is 6.73. The molecule has 2 aromatic rings. The summed E-state index contributed by atoms with van der Waals surface area (Å²) in [6, 6.07) is 5.78. The Morgan fingerprint density at radius 3 is 2.95 bits per heavy atom. The molecular weight excluding hydrogens is 262 g/mol. The molecule has 2 rings (SSSR count). The highest BCUT2D eigenvalue weighted by atomic mass is 35.5. The van der Waals surface area contributed by atoms with E-state index in [0.717, 1.165) is 25.1 Å². The Bertz CT molecular complexity index is 539. The molecule has 0 aliphatic carbocycles. The Balaban J connectivity index is 2.17. The van der Waals surface area contributed by atoms with Gasteiger partial charge in [-0.3, -0.25) is 4.68 Å². The molecule has 0 aliphatic rings. The lowest BCUT2D eigenvalue weighted by Gasteiger charge is -2.12. The van der Waals surface area contributed by atoms with Crippen LogP contribution in [0.15, 0.2) is 30.6 Å². The molecule has 1 aromatic carbocycles. The van der Waals surface area contributed by atoms with Gasteiger partial charge in [0.25, 0.3) is 0 Å². The van der Waals surface area contributed by atoms with Crippen LogP contribution in [0.2, 0.25) is 5.02 Å². The lowest BCUT2D eigenvalue weighted by atomic mass is 10.2. The van der Waals surface area contributed by atoms with E-state index >= 15 is 0 Å². The normalized spacial score (nSPS) is 10.7. The second-order valence-corrected chi connectivity index (χ2v) is 4.76. The molecule has 5 heteroatoms. The van der Waals surface area contributed by atoms with Gasteiger partial charge in [-0.15, -0.1) is 0 Å². The van der Waals surface area contributed by atoms with Crippen molar-refractivity contribution in [3.05, 3.63) is 41.2 Å². The summed E-state index contributed by atoms with van der Waals surface area (Å²) in [7, 11) is 1.85. The number of ether oxygens (including phenoxy) is 1. The smallest absolute Gasteiger partial charge is 0.165 e. The van der Waals surface area contributed by atoms with E-state index in [1.165, 1.54) is 0 Å². The van der Waals surface area contributed by atoms with E-state index in [-0.39, 0.29) is 0 Å². The van der Waals surface area contributed by atoms with Gasteiger partial charge in [0.15, 0.2) is 11.5 Å². The molecule has 4 nitrogen and oxygen atoms in total. The number of nitrogens with zero attached hydrogens (tertiary/aromatic N) is 2. The number of halogens is 1. The van der Waals surface area contributed by atoms with Gasteiger partial charge in [-0.05, 0) is 19.0 Å². The molecule has 0 bridgehead atoms. The van der Waals surface area contributed by atoms with Gasteiger partial charge < -0.3 is 10.1 Å². The van der Waals surface area contributed by atoms with Crippen molar-refractivity contribution in [2.45, 2.75) is 19.9 Å². The summed E-state index contributed by atoms with van der Waals surface area (Å²) < 4.78 is 7.53. The number of para-hydroxylation sites is 1. The van der Waals surface area contributed by atoms with Gasteiger partial charge in [-0.2, -0.15) is 5.10 Å². The van der Waals surface area contributed by atoms with Crippen LogP contribution in [0.1, 0.15) is 18.9 Å². The largest absolute Gasteiger partial charge is 0.452 e. The van der Waals surface area contributed by atoms with E-state index in [1.807, 2.05) is 31.4 Å². The SMILES string of the molecule is CCCNCc1cccc(Cl)c1Oc1cnn(C)c1. The van der Waals surface area contributed by atoms with Crippen molar-refractivity contribution in [3.63, 3.8) is 0 Å². The van der Waals surface area contributed by atoms with Crippen LogP contribution in [0.4, 0.5) is 0 Å². The Labute approximate surface area is 118 Å². The zero-order valence-electron chi connectivity index (χ0n) is 11.2. The molecule has 0 amide bonds.